The van der Waals surface area contributed by atoms with Crippen molar-refractivity contribution in [2.75, 3.05) is 13.7 Å². The average Bonchev–Trinajstić information content (AvgIpc) is 2.59. The highest BCUT2D eigenvalue weighted by Crippen LogP contribution is 2.35. The molecule has 1 aliphatic carbocycles. The minimum Gasteiger partial charge on any atom is -0.497 e. The standard InChI is InChI=1S/C19H28N2O3/c1-4-10-20-19(23)13(2)21-18(22)12-15-7-5-6-14-11-16(24-3)8-9-17(14)15/h8-9,11,13,15H,4-7,10,12H2,1-3H3,(H,20,23)(H,21,22)/t13-,15-/m0/s1. The monoisotopic (exact) mass is 332 g/mol. The number of hydrogen-bond donors (Lipinski definition) is 2. The zero-order valence-corrected chi connectivity index (χ0v) is 14.9. The van der Waals surface area contributed by atoms with Gasteiger partial charge < -0.3 is 15.4 Å². The van der Waals surface area contributed by atoms with Crippen molar-refractivity contribution < 1.29 is 14.3 Å². The fourth-order valence-corrected chi connectivity index (χ4v) is 3.22. The molecule has 0 fully saturated rings. The summed E-state index contributed by atoms with van der Waals surface area (Å²) >= 11 is 0. The van der Waals surface area contributed by atoms with Crippen LogP contribution in [-0.4, -0.2) is 31.5 Å². The number of methoxy groups -OCH3 is 1. The van der Waals surface area contributed by atoms with Gasteiger partial charge in [0.25, 0.3) is 0 Å². The third-order valence-corrected chi connectivity index (χ3v) is 4.54. The number of aryl methyl sites for hydroxylation is 1. The second kappa shape index (κ2) is 8.71. The number of hydrogen-bond acceptors (Lipinski definition) is 3. The van der Waals surface area contributed by atoms with Crippen LogP contribution in [0.1, 0.15) is 56.6 Å². The molecule has 0 unspecified atom stereocenters. The van der Waals surface area contributed by atoms with Crippen molar-refractivity contribution in [1.82, 2.24) is 10.6 Å². The molecular formula is C19H28N2O3. The van der Waals surface area contributed by atoms with Crippen LogP contribution >= 0.6 is 0 Å². The summed E-state index contributed by atoms with van der Waals surface area (Å²) in [5.74, 6) is 0.882. The minimum absolute atomic E-state index is 0.0668. The average molecular weight is 332 g/mol. The maximum atomic E-state index is 12.3. The molecular weight excluding hydrogens is 304 g/mol. The molecule has 0 heterocycles. The van der Waals surface area contributed by atoms with Gasteiger partial charge in [-0.15, -0.1) is 0 Å². The van der Waals surface area contributed by atoms with Gasteiger partial charge in [0.15, 0.2) is 0 Å². The maximum absolute atomic E-state index is 12.3. The smallest absolute Gasteiger partial charge is 0.242 e. The normalized spacial score (nSPS) is 17.5. The lowest BCUT2D eigenvalue weighted by atomic mass is 9.81. The summed E-state index contributed by atoms with van der Waals surface area (Å²) in [6.07, 6.45) is 4.41. The first-order chi connectivity index (χ1) is 11.5. The van der Waals surface area contributed by atoms with Crippen molar-refractivity contribution >= 4 is 11.8 Å². The molecule has 24 heavy (non-hydrogen) atoms. The highest BCUT2D eigenvalue weighted by atomic mass is 16.5. The summed E-state index contributed by atoms with van der Waals surface area (Å²) in [6, 6.07) is 5.60. The minimum atomic E-state index is -0.497. The van der Waals surface area contributed by atoms with Gasteiger partial charge in [0, 0.05) is 13.0 Å². The molecule has 0 saturated carbocycles. The number of rotatable bonds is 7. The third kappa shape index (κ3) is 4.73. The SMILES string of the molecule is CCCNC(=O)[C@H](C)NC(=O)C[C@@H]1CCCc2cc(OC)ccc21. The number of carbonyl (C=O) groups is 2. The Morgan fingerprint density at radius 1 is 1.38 bits per heavy atom. The Kier molecular flexibility index (Phi) is 6.64. The van der Waals surface area contributed by atoms with Crippen LogP contribution in [0.2, 0.25) is 0 Å². The molecule has 2 rings (SSSR count). The third-order valence-electron chi connectivity index (χ3n) is 4.54. The van der Waals surface area contributed by atoms with Crippen LogP contribution in [0, 0.1) is 0 Å². The van der Waals surface area contributed by atoms with E-state index in [2.05, 4.69) is 22.8 Å². The van der Waals surface area contributed by atoms with Crippen LogP contribution in [0.3, 0.4) is 0 Å². The van der Waals surface area contributed by atoms with E-state index in [4.69, 9.17) is 4.74 Å². The Morgan fingerprint density at radius 2 is 2.17 bits per heavy atom. The van der Waals surface area contributed by atoms with E-state index < -0.39 is 6.04 Å². The molecule has 0 saturated heterocycles. The van der Waals surface area contributed by atoms with E-state index in [0.29, 0.717) is 13.0 Å². The zero-order valence-electron chi connectivity index (χ0n) is 14.9. The predicted molar refractivity (Wildman–Crippen MR) is 94.2 cm³/mol. The number of amides is 2. The highest BCUT2D eigenvalue weighted by molar-refractivity contribution is 5.87. The van der Waals surface area contributed by atoms with Gasteiger partial charge in [-0.1, -0.05) is 13.0 Å². The number of ether oxygens (including phenoxy) is 1. The van der Waals surface area contributed by atoms with E-state index >= 15 is 0 Å². The Morgan fingerprint density at radius 3 is 2.88 bits per heavy atom. The molecule has 1 aromatic carbocycles. The predicted octanol–water partition coefficient (Wildman–Crippen LogP) is 2.54. The molecule has 1 aliphatic rings. The number of nitrogens with one attached hydrogen (secondary N) is 2. The van der Waals surface area contributed by atoms with E-state index in [-0.39, 0.29) is 17.7 Å². The molecule has 0 aromatic heterocycles. The van der Waals surface area contributed by atoms with Crippen LogP contribution < -0.4 is 15.4 Å². The van der Waals surface area contributed by atoms with Gasteiger partial charge in [0.1, 0.15) is 11.8 Å². The molecule has 2 N–H and O–H groups in total. The van der Waals surface area contributed by atoms with Gasteiger partial charge >= 0.3 is 0 Å². The maximum Gasteiger partial charge on any atom is 0.242 e. The molecule has 2 atom stereocenters. The molecule has 0 bridgehead atoms. The largest absolute Gasteiger partial charge is 0.497 e. The molecule has 2 amide bonds. The van der Waals surface area contributed by atoms with Gasteiger partial charge in [-0.05, 0) is 61.8 Å². The Balaban J connectivity index is 1.94. The Bertz CT molecular complexity index is 586. The van der Waals surface area contributed by atoms with E-state index in [9.17, 15) is 9.59 Å². The first kappa shape index (κ1) is 18.3. The fraction of sp³-hybridized carbons (Fsp3) is 0.579. The lowest BCUT2D eigenvalue weighted by Crippen LogP contribution is -2.45. The lowest BCUT2D eigenvalue weighted by molar-refractivity contribution is -0.128. The summed E-state index contributed by atoms with van der Waals surface area (Å²) in [5.41, 5.74) is 2.51. The van der Waals surface area contributed by atoms with Crippen LogP contribution in [0.25, 0.3) is 0 Å². The van der Waals surface area contributed by atoms with Gasteiger partial charge in [0.05, 0.1) is 7.11 Å². The lowest BCUT2D eigenvalue weighted by Gasteiger charge is -2.26. The zero-order chi connectivity index (χ0) is 17.5. The van der Waals surface area contributed by atoms with Crippen molar-refractivity contribution in [3.8, 4) is 5.75 Å². The van der Waals surface area contributed by atoms with Crippen molar-refractivity contribution in [2.45, 2.75) is 57.9 Å². The van der Waals surface area contributed by atoms with Crippen LogP contribution in [0.5, 0.6) is 5.75 Å². The summed E-state index contributed by atoms with van der Waals surface area (Å²) in [5, 5.41) is 5.62. The molecule has 5 nitrogen and oxygen atoms in total. The van der Waals surface area contributed by atoms with Crippen molar-refractivity contribution in [2.24, 2.45) is 0 Å². The Labute approximate surface area is 144 Å². The first-order valence-corrected chi connectivity index (χ1v) is 8.79. The summed E-state index contributed by atoms with van der Waals surface area (Å²) < 4.78 is 5.28. The summed E-state index contributed by atoms with van der Waals surface area (Å²) in [7, 11) is 1.67. The van der Waals surface area contributed by atoms with Crippen LogP contribution in [-0.2, 0) is 16.0 Å². The summed E-state index contributed by atoms with van der Waals surface area (Å²) in [6.45, 7) is 4.36. The van der Waals surface area contributed by atoms with E-state index in [1.54, 1.807) is 14.0 Å². The molecule has 0 aliphatic heterocycles. The number of benzene rings is 1. The second-order valence-corrected chi connectivity index (χ2v) is 6.44. The molecule has 132 valence electrons. The Hall–Kier alpha value is -2.04. The van der Waals surface area contributed by atoms with Gasteiger partial charge in [-0.2, -0.15) is 0 Å². The van der Waals surface area contributed by atoms with Crippen molar-refractivity contribution in [1.29, 1.82) is 0 Å². The molecule has 0 radical (unpaired) electrons. The fourth-order valence-electron chi connectivity index (χ4n) is 3.22. The van der Waals surface area contributed by atoms with E-state index in [1.165, 1.54) is 11.1 Å². The van der Waals surface area contributed by atoms with Gasteiger partial charge in [0.2, 0.25) is 11.8 Å². The molecule has 5 heteroatoms. The molecule has 1 aromatic rings. The number of fused-ring (bicyclic) bond motifs is 1. The summed E-state index contributed by atoms with van der Waals surface area (Å²) in [4.78, 5) is 24.2. The molecule has 0 spiro atoms. The highest BCUT2D eigenvalue weighted by Gasteiger charge is 2.24. The first-order valence-electron chi connectivity index (χ1n) is 8.79. The van der Waals surface area contributed by atoms with Gasteiger partial charge in [-0.25, -0.2) is 0 Å². The van der Waals surface area contributed by atoms with Crippen molar-refractivity contribution in [3.63, 3.8) is 0 Å². The topological polar surface area (TPSA) is 67.4 Å². The second-order valence-electron chi connectivity index (χ2n) is 6.44. The van der Waals surface area contributed by atoms with E-state index in [1.807, 2.05) is 13.0 Å². The van der Waals surface area contributed by atoms with Crippen molar-refractivity contribution in [3.05, 3.63) is 29.3 Å². The van der Waals surface area contributed by atoms with Crippen LogP contribution in [0.15, 0.2) is 18.2 Å². The van der Waals surface area contributed by atoms with E-state index in [0.717, 1.165) is 31.4 Å². The van der Waals surface area contributed by atoms with Gasteiger partial charge in [-0.3, -0.25) is 9.59 Å². The number of carbonyl (C=O) groups excluding carboxylic acids is 2. The quantitative estimate of drug-likeness (QED) is 0.806. The van der Waals surface area contributed by atoms with Crippen LogP contribution in [0.4, 0.5) is 0 Å².